The number of hydrogen-bond acceptors (Lipinski definition) is 2. The van der Waals surface area contributed by atoms with Crippen molar-refractivity contribution in [3.63, 3.8) is 0 Å². The van der Waals surface area contributed by atoms with Crippen molar-refractivity contribution in [1.82, 2.24) is 0 Å². The first-order valence-corrected chi connectivity index (χ1v) is 5.40. The lowest BCUT2D eigenvalue weighted by atomic mass is 10.0. The van der Waals surface area contributed by atoms with Crippen LogP contribution in [0.2, 0.25) is 0 Å². The zero-order valence-corrected chi connectivity index (χ0v) is 9.48. The van der Waals surface area contributed by atoms with Crippen LogP contribution in [0.1, 0.15) is 19.8 Å². The highest BCUT2D eigenvalue weighted by Crippen LogP contribution is 2.14. The van der Waals surface area contributed by atoms with Gasteiger partial charge in [-0.15, -0.1) is 5.73 Å². The van der Waals surface area contributed by atoms with Crippen molar-refractivity contribution < 1.29 is 9.53 Å². The first kappa shape index (κ1) is 12.3. The molecule has 0 aromatic heterocycles. The van der Waals surface area contributed by atoms with E-state index in [-0.39, 0.29) is 11.9 Å². The highest BCUT2D eigenvalue weighted by Gasteiger charge is 2.16. The van der Waals surface area contributed by atoms with E-state index in [1.807, 2.05) is 25.1 Å². The van der Waals surface area contributed by atoms with E-state index in [0.717, 1.165) is 12.8 Å². The van der Waals surface area contributed by atoms with Crippen LogP contribution in [0.3, 0.4) is 0 Å². The summed E-state index contributed by atoms with van der Waals surface area (Å²) in [5.74, 6) is 0.0815. The zero-order chi connectivity index (χ0) is 11.8. The molecule has 0 fully saturated rings. The van der Waals surface area contributed by atoms with Gasteiger partial charge in [0.15, 0.2) is 0 Å². The molecule has 0 heterocycles. The second-order valence-electron chi connectivity index (χ2n) is 3.50. The molecule has 16 heavy (non-hydrogen) atoms. The summed E-state index contributed by atoms with van der Waals surface area (Å²) in [5, 5.41) is 0. The highest BCUT2D eigenvalue weighted by molar-refractivity contribution is 5.76. The highest BCUT2D eigenvalue weighted by atomic mass is 16.5. The molecule has 0 spiro atoms. The van der Waals surface area contributed by atoms with Gasteiger partial charge in [0.2, 0.25) is 0 Å². The molecule has 0 radical (unpaired) electrons. The van der Waals surface area contributed by atoms with Crippen LogP contribution in [0.25, 0.3) is 0 Å². The minimum atomic E-state index is -0.247. The van der Waals surface area contributed by atoms with E-state index >= 15 is 0 Å². The van der Waals surface area contributed by atoms with E-state index in [0.29, 0.717) is 5.75 Å². The summed E-state index contributed by atoms with van der Waals surface area (Å²) in [5.41, 5.74) is 2.64. The molecule has 0 aliphatic rings. The molecule has 1 unspecified atom stereocenters. The molecule has 0 amide bonds. The van der Waals surface area contributed by atoms with Crippen LogP contribution in [0.4, 0.5) is 0 Å². The Bertz CT molecular complexity index is 375. The van der Waals surface area contributed by atoms with E-state index in [9.17, 15) is 4.79 Å². The molecule has 1 aromatic rings. The van der Waals surface area contributed by atoms with Crippen molar-refractivity contribution in [2.75, 3.05) is 0 Å². The number of hydrogen-bond donors (Lipinski definition) is 0. The Morgan fingerprint density at radius 2 is 2.19 bits per heavy atom. The summed E-state index contributed by atoms with van der Waals surface area (Å²) < 4.78 is 5.24. The largest absolute Gasteiger partial charge is 0.426 e. The molecule has 0 saturated carbocycles. The topological polar surface area (TPSA) is 26.3 Å². The van der Waals surface area contributed by atoms with Gasteiger partial charge >= 0.3 is 5.97 Å². The number of benzene rings is 1. The third-order valence-electron chi connectivity index (χ3n) is 2.18. The van der Waals surface area contributed by atoms with Gasteiger partial charge in [0.25, 0.3) is 0 Å². The Morgan fingerprint density at radius 3 is 2.75 bits per heavy atom. The molecule has 0 N–H and O–H groups in total. The predicted molar refractivity (Wildman–Crippen MR) is 64.2 cm³/mol. The van der Waals surface area contributed by atoms with E-state index in [1.165, 1.54) is 0 Å². The van der Waals surface area contributed by atoms with Gasteiger partial charge in [-0.2, -0.15) is 0 Å². The minimum Gasteiger partial charge on any atom is -0.426 e. The van der Waals surface area contributed by atoms with Gasteiger partial charge in [0, 0.05) is 0 Å². The number of carbonyl (C=O) groups excluding carboxylic acids is 1. The summed E-state index contributed by atoms with van der Waals surface area (Å²) in [6.07, 6.45) is 3.34. The van der Waals surface area contributed by atoms with Crippen molar-refractivity contribution in [3.8, 4) is 5.75 Å². The van der Waals surface area contributed by atoms with Crippen LogP contribution >= 0.6 is 0 Å². The fraction of sp³-hybridized carbons (Fsp3) is 0.286. The summed E-state index contributed by atoms with van der Waals surface area (Å²) in [4.78, 5) is 11.8. The molecule has 1 rings (SSSR count). The smallest absolute Gasteiger partial charge is 0.318 e. The van der Waals surface area contributed by atoms with Crippen LogP contribution in [-0.4, -0.2) is 5.97 Å². The molecule has 1 aromatic carbocycles. The molecule has 2 nitrogen and oxygen atoms in total. The van der Waals surface area contributed by atoms with Gasteiger partial charge < -0.3 is 4.74 Å². The second-order valence-corrected chi connectivity index (χ2v) is 3.50. The van der Waals surface area contributed by atoms with E-state index in [2.05, 4.69) is 12.3 Å². The predicted octanol–water partition coefficient (Wildman–Crippen LogP) is 3.35. The third kappa shape index (κ3) is 3.76. The normalized spacial score (nSPS) is 11.3. The van der Waals surface area contributed by atoms with Crippen molar-refractivity contribution in [2.24, 2.45) is 5.92 Å². The SMILES string of the molecule is C=C=CC(CCC)C(=O)Oc1ccccc1. The van der Waals surface area contributed by atoms with Gasteiger partial charge in [-0.05, 0) is 24.6 Å². The molecular weight excluding hydrogens is 200 g/mol. The molecule has 84 valence electrons. The van der Waals surface area contributed by atoms with Gasteiger partial charge in [0.1, 0.15) is 5.75 Å². The lowest BCUT2D eigenvalue weighted by Gasteiger charge is -2.10. The Kier molecular flexibility index (Phi) is 5.10. The standard InChI is InChI=1S/C14H16O2/c1-3-8-12(9-4-2)14(15)16-13-10-6-5-7-11-13/h5-8,10-12H,1,4,9H2,2H3. The van der Waals surface area contributed by atoms with Gasteiger partial charge in [-0.1, -0.05) is 38.1 Å². The fourth-order valence-corrected chi connectivity index (χ4v) is 1.40. The monoisotopic (exact) mass is 216 g/mol. The lowest BCUT2D eigenvalue weighted by Crippen LogP contribution is -2.18. The minimum absolute atomic E-state index is 0.246. The van der Waals surface area contributed by atoms with Gasteiger partial charge in [-0.3, -0.25) is 4.79 Å². The zero-order valence-electron chi connectivity index (χ0n) is 9.48. The van der Waals surface area contributed by atoms with Crippen LogP contribution < -0.4 is 4.74 Å². The number of rotatable bonds is 5. The second kappa shape index (κ2) is 6.65. The molecular formula is C14H16O2. The maximum absolute atomic E-state index is 11.8. The molecule has 0 aliphatic carbocycles. The summed E-state index contributed by atoms with van der Waals surface area (Å²) in [6, 6.07) is 9.07. The molecule has 0 saturated heterocycles. The number of para-hydroxylation sites is 1. The average molecular weight is 216 g/mol. The Hall–Kier alpha value is -1.79. The molecule has 0 aliphatic heterocycles. The maximum atomic E-state index is 11.8. The van der Waals surface area contributed by atoms with Gasteiger partial charge in [-0.25, -0.2) is 0 Å². The molecule has 2 heteroatoms. The molecule has 1 atom stereocenters. The first-order valence-electron chi connectivity index (χ1n) is 5.40. The Morgan fingerprint density at radius 1 is 1.50 bits per heavy atom. The Balaban J connectivity index is 2.65. The van der Waals surface area contributed by atoms with Gasteiger partial charge in [0.05, 0.1) is 5.92 Å². The summed E-state index contributed by atoms with van der Waals surface area (Å²) >= 11 is 0. The van der Waals surface area contributed by atoms with E-state index < -0.39 is 0 Å². The number of esters is 1. The van der Waals surface area contributed by atoms with Crippen molar-refractivity contribution in [3.05, 3.63) is 48.7 Å². The van der Waals surface area contributed by atoms with Crippen LogP contribution in [0.5, 0.6) is 5.75 Å². The van der Waals surface area contributed by atoms with Crippen LogP contribution in [0.15, 0.2) is 48.7 Å². The van der Waals surface area contributed by atoms with E-state index in [1.54, 1.807) is 18.2 Å². The molecule has 0 bridgehead atoms. The maximum Gasteiger partial charge on any atom is 0.318 e. The van der Waals surface area contributed by atoms with Crippen LogP contribution in [0, 0.1) is 5.92 Å². The number of ether oxygens (including phenoxy) is 1. The van der Waals surface area contributed by atoms with Crippen molar-refractivity contribution in [1.29, 1.82) is 0 Å². The Labute approximate surface area is 96.2 Å². The van der Waals surface area contributed by atoms with Crippen molar-refractivity contribution >= 4 is 5.97 Å². The average Bonchev–Trinajstić information content (AvgIpc) is 2.30. The van der Waals surface area contributed by atoms with Crippen molar-refractivity contribution in [2.45, 2.75) is 19.8 Å². The number of carbonyl (C=O) groups is 1. The lowest BCUT2D eigenvalue weighted by molar-refractivity contribution is -0.137. The summed E-state index contributed by atoms with van der Waals surface area (Å²) in [6.45, 7) is 5.51. The quantitative estimate of drug-likeness (QED) is 0.428. The van der Waals surface area contributed by atoms with Crippen LogP contribution in [-0.2, 0) is 4.79 Å². The third-order valence-corrected chi connectivity index (χ3v) is 2.18. The summed E-state index contributed by atoms with van der Waals surface area (Å²) in [7, 11) is 0. The van der Waals surface area contributed by atoms with E-state index in [4.69, 9.17) is 4.74 Å². The first-order chi connectivity index (χ1) is 7.77. The fourth-order valence-electron chi connectivity index (χ4n) is 1.40.